The van der Waals surface area contributed by atoms with Crippen LogP contribution < -0.4 is 10.5 Å². The summed E-state index contributed by atoms with van der Waals surface area (Å²) in [6, 6.07) is 3.10. The molecule has 3 N–H and O–H groups in total. The average Bonchev–Trinajstić information content (AvgIpc) is 2.17. The van der Waals surface area contributed by atoms with E-state index in [4.69, 9.17) is 22.1 Å². The number of hydrogen-bond acceptors (Lipinski definition) is 3. The first kappa shape index (κ1) is 10.9. The van der Waals surface area contributed by atoms with Gasteiger partial charge in [0.2, 0.25) is 0 Å². The molecule has 0 heterocycles. The maximum atomic E-state index is 9.38. The summed E-state index contributed by atoms with van der Waals surface area (Å²) in [5, 5.41) is 9.85. The van der Waals surface area contributed by atoms with Gasteiger partial charge in [-0.1, -0.05) is 23.8 Å². The van der Waals surface area contributed by atoms with Crippen LogP contribution in [-0.4, -0.2) is 18.8 Å². The van der Waals surface area contributed by atoms with Crippen LogP contribution in [0.5, 0.6) is 11.5 Å². The maximum absolute atomic E-state index is 9.38. The van der Waals surface area contributed by atoms with Crippen molar-refractivity contribution in [1.82, 2.24) is 0 Å². The first-order valence-corrected chi connectivity index (χ1v) is 4.50. The average molecular weight is 214 g/mol. The van der Waals surface area contributed by atoms with Gasteiger partial charge in [0.15, 0.2) is 11.5 Å². The molecule has 0 aliphatic carbocycles. The fourth-order valence-electron chi connectivity index (χ4n) is 1.04. The summed E-state index contributed by atoms with van der Waals surface area (Å²) in [6.07, 6.45) is 3.56. The summed E-state index contributed by atoms with van der Waals surface area (Å²) >= 11 is 5.89. The third-order valence-electron chi connectivity index (χ3n) is 1.73. The molecule has 0 bridgehead atoms. The van der Waals surface area contributed by atoms with E-state index in [1.165, 1.54) is 13.2 Å². The molecule has 0 fully saturated rings. The van der Waals surface area contributed by atoms with Crippen LogP contribution in [0.25, 0.3) is 6.08 Å². The lowest BCUT2D eigenvalue weighted by Gasteiger charge is -2.05. The van der Waals surface area contributed by atoms with E-state index in [0.717, 1.165) is 5.56 Å². The molecule has 0 atom stereocenters. The van der Waals surface area contributed by atoms with Gasteiger partial charge in [-0.25, -0.2) is 0 Å². The Labute approximate surface area is 87.8 Å². The molecule has 76 valence electrons. The molecule has 0 radical (unpaired) electrons. The van der Waals surface area contributed by atoms with E-state index in [-0.39, 0.29) is 5.75 Å². The molecule has 0 spiro atoms. The zero-order valence-electron chi connectivity index (χ0n) is 7.83. The van der Waals surface area contributed by atoms with Crippen LogP contribution in [0.15, 0.2) is 18.2 Å². The van der Waals surface area contributed by atoms with Crippen LogP contribution >= 0.6 is 11.6 Å². The van der Waals surface area contributed by atoms with E-state index >= 15 is 0 Å². The predicted octanol–water partition coefficient (Wildman–Crippen LogP) is 2.03. The Morgan fingerprint density at radius 3 is 2.86 bits per heavy atom. The van der Waals surface area contributed by atoms with Gasteiger partial charge < -0.3 is 15.6 Å². The Hall–Kier alpha value is -1.19. The number of aromatic hydroxyl groups is 1. The molecule has 1 aromatic carbocycles. The van der Waals surface area contributed by atoms with Crippen LogP contribution in [0.2, 0.25) is 5.02 Å². The lowest BCUT2D eigenvalue weighted by Crippen LogP contribution is -1.92. The van der Waals surface area contributed by atoms with E-state index in [1.807, 2.05) is 0 Å². The predicted molar refractivity (Wildman–Crippen MR) is 57.8 cm³/mol. The lowest BCUT2D eigenvalue weighted by atomic mass is 10.2. The van der Waals surface area contributed by atoms with Crippen molar-refractivity contribution in [2.45, 2.75) is 0 Å². The first-order valence-electron chi connectivity index (χ1n) is 4.12. The Kier molecular flexibility index (Phi) is 3.80. The summed E-state index contributed by atoms with van der Waals surface area (Å²) in [4.78, 5) is 0. The highest BCUT2D eigenvalue weighted by molar-refractivity contribution is 6.32. The van der Waals surface area contributed by atoms with Gasteiger partial charge in [-0.05, 0) is 11.6 Å². The third-order valence-corrected chi connectivity index (χ3v) is 2.06. The molecule has 14 heavy (non-hydrogen) atoms. The third kappa shape index (κ3) is 2.40. The maximum Gasteiger partial charge on any atom is 0.161 e. The normalized spacial score (nSPS) is 10.8. The molecule has 0 aromatic heterocycles. The number of nitrogens with two attached hydrogens (primary N) is 1. The van der Waals surface area contributed by atoms with Crippen LogP contribution in [0.1, 0.15) is 5.56 Å². The zero-order chi connectivity index (χ0) is 10.6. The van der Waals surface area contributed by atoms with E-state index < -0.39 is 0 Å². The number of rotatable bonds is 3. The van der Waals surface area contributed by atoms with Gasteiger partial charge in [0.05, 0.1) is 12.1 Å². The Morgan fingerprint density at radius 1 is 1.57 bits per heavy atom. The second-order valence-electron chi connectivity index (χ2n) is 2.68. The SMILES string of the molecule is COc1cc(/C=C/CN)c(Cl)cc1O. The first-order chi connectivity index (χ1) is 6.69. The summed E-state index contributed by atoms with van der Waals surface area (Å²) in [7, 11) is 1.49. The summed E-state index contributed by atoms with van der Waals surface area (Å²) in [5.41, 5.74) is 6.09. The van der Waals surface area contributed by atoms with Crippen molar-refractivity contribution in [3.63, 3.8) is 0 Å². The van der Waals surface area contributed by atoms with Crippen molar-refractivity contribution in [1.29, 1.82) is 0 Å². The lowest BCUT2D eigenvalue weighted by molar-refractivity contribution is 0.373. The highest BCUT2D eigenvalue weighted by Crippen LogP contribution is 2.32. The number of methoxy groups -OCH3 is 1. The second kappa shape index (κ2) is 4.88. The van der Waals surface area contributed by atoms with Gasteiger partial charge >= 0.3 is 0 Å². The summed E-state index contributed by atoms with van der Waals surface area (Å²) in [5.74, 6) is 0.425. The van der Waals surface area contributed by atoms with Gasteiger partial charge in [-0.3, -0.25) is 0 Å². The second-order valence-corrected chi connectivity index (χ2v) is 3.09. The molecular formula is C10H12ClNO2. The number of halogens is 1. The van der Waals surface area contributed by atoms with Gasteiger partial charge in [-0.2, -0.15) is 0 Å². The highest BCUT2D eigenvalue weighted by atomic mass is 35.5. The molecule has 0 amide bonds. The summed E-state index contributed by atoms with van der Waals surface area (Å²) in [6.45, 7) is 0.444. The zero-order valence-corrected chi connectivity index (χ0v) is 8.58. The fraction of sp³-hybridized carbons (Fsp3) is 0.200. The number of ether oxygens (including phenoxy) is 1. The van der Waals surface area contributed by atoms with Crippen molar-refractivity contribution >= 4 is 17.7 Å². The minimum atomic E-state index is 0.0300. The van der Waals surface area contributed by atoms with Crippen LogP contribution in [0.3, 0.4) is 0 Å². The van der Waals surface area contributed by atoms with Crippen molar-refractivity contribution < 1.29 is 9.84 Å². The number of hydrogen-bond donors (Lipinski definition) is 2. The Bertz CT molecular complexity index is 350. The molecule has 0 aliphatic rings. The molecular weight excluding hydrogens is 202 g/mol. The van der Waals surface area contributed by atoms with Crippen molar-refractivity contribution in [3.8, 4) is 11.5 Å². The molecule has 0 unspecified atom stereocenters. The molecule has 0 saturated carbocycles. The van der Waals surface area contributed by atoms with Crippen molar-refractivity contribution in [2.24, 2.45) is 5.73 Å². The van der Waals surface area contributed by atoms with Crippen molar-refractivity contribution in [3.05, 3.63) is 28.8 Å². The molecule has 0 aliphatic heterocycles. The van der Waals surface area contributed by atoms with Gasteiger partial charge in [0.25, 0.3) is 0 Å². The monoisotopic (exact) mass is 213 g/mol. The van der Waals surface area contributed by atoms with Crippen molar-refractivity contribution in [2.75, 3.05) is 13.7 Å². The van der Waals surface area contributed by atoms with E-state index in [1.54, 1.807) is 18.2 Å². The van der Waals surface area contributed by atoms with Gasteiger partial charge in [-0.15, -0.1) is 0 Å². The topological polar surface area (TPSA) is 55.5 Å². The minimum absolute atomic E-state index is 0.0300. The van der Waals surface area contributed by atoms with Crippen LogP contribution in [-0.2, 0) is 0 Å². The van der Waals surface area contributed by atoms with E-state index in [0.29, 0.717) is 17.3 Å². The molecule has 3 nitrogen and oxygen atoms in total. The van der Waals surface area contributed by atoms with Gasteiger partial charge in [0.1, 0.15) is 0 Å². The quantitative estimate of drug-likeness (QED) is 0.808. The minimum Gasteiger partial charge on any atom is -0.504 e. The Balaban J connectivity index is 3.10. The number of benzene rings is 1. The number of phenols is 1. The number of phenolic OH excluding ortho intramolecular Hbond substituents is 1. The molecule has 1 rings (SSSR count). The summed E-state index contributed by atoms with van der Waals surface area (Å²) < 4.78 is 4.95. The Morgan fingerprint density at radius 2 is 2.29 bits per heavy atom. The molecule has 0 saturated heterocycles. The van der Waals surface area contributed by atoms with E-state index in [9.17, 15) is 5.11 Å². The standard InChI is InChI=1S/C10H12ClNO2/c1-14-10-5-7(3-2-4-12)8(11)6-9(10)13/h2-3,5-6,13H,4,12H2,1H3/b3-2+. The fourth-order valence-corrected chi connectivity index (χ4v) is 1.27. The smallest absolute Gasteiger partial charge is 0.161 e. The van der Waals surface area contributed by atoms with Crippen LogP contribution in [0, 0.1) is 0 Å². The van der Waals surface area contributed by atoms with E-state index in [2.05, 4.69) is 0 Å². The van der Waals surface area contributed by atoms with Gasteiger partial charge in [0, 0.05) is 12.6 Å². The van der Waals surface area contributed by atoms with Crippen LogP contribution in [0.4, 0.5) is 0 Å². The molecule has 4 heteroatoms. The highest BCUT2D eigenvalue weighted by Gasteiger charge is 2.05. The molecule has 1 aromatic rings. The largest absolute Gasteiger partial charge is 0.504 e.